The summed E-state index contributed by atoms with van der Waals surface area (Å²) < 4.78 is 7.64. The molecular weight excluding hydrogens is 384 g/mol. The molecule has 0 unspecified atom stereocenters. The van der Waals surface area contributed by atoms with E-state index in [1.54, 1.807) is 6.21 Å². The molecule has 0 saturated carbocycles. The Bertz CT molecular complexity index is 790. The van der Waals surface area contributed by atoms with E-state index in [1.165, 1.54) is 13.2 Å². The fraction of sp³-hybridized carbons (Fsp3) is 0.267. The van der Waals surface area contributed by atoms with Crippen LogP contribution in [0.2, 0.25) is 5.02 Å². The molecule has 1 aromatic carbocycles. The van der Waals surface area contributed by atoms with Gasteiger partial charge in [0.1, 0.15) is 16.5 Å². The Morgan fingerprint density at radius 1 is 1.48 bits per heavy atom. The van der Waals surface area contributed by atoms with Gasteiger partial charge in [-0.05, 0) is 53.5 Å². The third-order valence-electron chi connectivity index (χ3n) is 2.80. The summed E-state index contributed by atoms with van der Waals surface area (Å²) >= 11 is 9.40. The molecule has 0 atom stereocenters. The number of anilines is 1. The molecule has 1 aromatic heterocycles. The van der Waals surface area contributed by atoms with Gasteiger partial charge < -0.3 is 4.74 Å². The van der Waals surface area contributed by atoms with Gasteiger partial charge in [0.05, 0.1) is 23.0 Å². The van der Waals surface area contributed by atoms with E-state index in [-0.39, 0.29) is 16.7 Å². The van der Waals surface area contributed by atoms with Crippen molar-refractivity contribution < 1.29 is 4.74 Å². The van der Waals surface area contributed by atoms with Crippen molar-refractivity contribution in [3.05, 3.63) is 49.8 Å². The van der Waals surface area contributed by atoms with Crippen molar-refractivity contribution in [2.75, 3.05) is 5.43 Å². The molecule has 1 heterocycles. The largest absolute Gasteiger partial charge is 0.490 e. The lowest BCUT2D eigenvalue weighted by Gasteiger charge is -2.11. The van der Waals surface area contributed by atoms with E-state index in [2.05, 4.69) is 31.6 Å². The molecule has 8 heteroatoms. The molecule has 0 bridgehead atoms. The van der Waals surface area contributed by atoms with Crippen LogP contribution in [0.4, 0.5) is 5.69 Å². The summed E-state index contributed by atoms with van der Waals surface area (Å²) in [7, 11) is 1.53. The maximum absolute atomic E-state index is 11.6. The highest BCUT2D eigenvalue weighted by Crippen LogP contribution is 2.26. The first-order valence-electron chi connectivity index (χ1n) is 6.85. The first kappa shape index (κ1) is 17.5. The second-order valence-corrected chi connectivity index (χ2v) is 6.26. The van der Waals surface area contributed by atoms with E-state index in [4.69, 9.17) is 16.3 Å². The number of hydrogen-bond donors (Lipinski definition) is 1. The van der Waals surface area contributed by atoms with Crippen molar-refractivity contribution in [3.8, 4) is 5.75 Å². The van der Waals surface area contributed by atoms with Crippen LogP contribution in [0.15, 0.2) is 38.8 Å². The van der Waals surface area contributed by atoms with E-state index in [9.17, 15) is 4.79 Å². The second kappa shape index (κ2) is 7.61. The van der Waals surface area contributed by atoms with Crippen molar-refractivity contribution in [3.63, 3.8) is 0 Å². The molecule has 2 aromatic rings. The van der Waals surface area contributed by atoms with Crippen LogP contribution < -0.4 is 15.7 Å². The molecule has 6 nitrogen and oxygen atoms in total. The van der Waals surface area contributed by atoms with Gasteiger partial charge in [-0.1, -0.05) is 11.6 Å². The Morgan fingerprint density at radius 3 is 2.87 bits per heavy atom. The van der Waals surface area contributed by atoms with Crippen LogP contribution in [0.25, 0.3) is 0 Å². The number of hydrogen-bond acceptors (Lipinski definition) is 5. The van der Waals surface area contributed by atoms with Crippen LogP contribution in [-0.4, -0.2) is 22.1 Å². The minimum absolute atomic E-state index is 0.0431. The molecule has 0 aliphatic heterocycles. The Balaban J connectivity index is 2.11. The zero-order valence-corrected chi connectivity index (χ0v) is 15.2. The van der Waals surface area contributed by atoms with E-state index in [0.29, 0.717) is 5.69 Å². The van der Waals surface area contributed by atoms with Crippen LogP contribution >= 0.6 is 27.5 Å². The molecule has 0 radical (unpaired) electrons. The number of aromatic nitrogens is 2. The summed E-state index contributed by atoms with van der Waals surface area (Å²) in [6.07, 6.45) is 3.15. The fourth-order valence-corrected chi connectivity index (χ4v) is 2.42. The molecule has 2 rings (SSSR count). The summed E-state index contributed by atoms with van der Waals surface area (Å²) in [6.45, 7) is 3.93. The van der Waals surface area contributed by atoms with Gasteiger partial charge in [0.15, 0.2) is 0 Å². The minimum atomic E-state index is -0.384. The lowest BCUT2D eigenvalue weighted by Crippen LogP contribution is -2.20. The van der Waals surface area contributed by atoms with E-state index < -0.39 is 0 Å². The summed E-state index contributed by atoms with van der Waals surface area (Å²) in [4.78, 5) is 11.6. The maximum Gasteiger partial charge on any atom is 0.287 e. The number of rotatable bonds is 5. The van der Waals surface area contributed by atoms with Crippen molar-refractivity contribution in [2.24, 2.45) is 12.1 Å². The third kappa shape index (κ3) is 4.56. The molecule has 0 aliphatic carbocycles. The van der Waals surface area contributed by atoms with E-state index >= 15 is 0 Å². The van der Waals surface area contributed by atoms with Crippen LogP contribution in [0.5, 0.6) is 5.75 Å². The molecule has 1 N–H and O–H groups in total. The first-order chi connectivity index (χ1) is 10.9. The molecule has 0 aliphatic rings. The summed E-state index contributed by atoms with van der Waals surface area (Å²) in [5.74, 6) is 0.768. The number of aryl methyl sites for hydroxylation is 1. The smallest absolute Gasteiger partial charge is 0.287 e. The van der Waals surface area contributed by atoms with Crippen molar-refractivity contribution in [1.29, 1.82) is 0 Å². The molecule has 0 saturated heterocycles. The fourth-order valence-electron chi connectivity index (χ4n) is 1.71. The van der Waals surface area contributed by atoms with Crippen molar-refractivity contribution in [2.45, 2.75) is 20.0 Å². The lowest BCUT2D eigenvalue weighted by molar-refractivity contribution is 0.241. The standard InChI is InChI=1S/C15H16BrClN4O2/c1-9(2)23-13-5-4-10(6-11(13)16)7-18-20-12-8-19-21(3)15(22)14(12)17/h4-9,20H,1-3H3/b18-7-. The number of ether oxygens (including phenoxy) is 1. The van der Waals surface area contributed by atoms with Gasteiger partial charge in [0, 0.05) is 7.05 Å². The number of halogens is 2. The Kier molecular flexibility index (Phi) is 5.79. The highest BCUT2D eigenvalue weighted by atomic mass is 79.9. The van der Waals surface area contributed by atoms with Gasteiger partial charge >= 0.3 is 0 Å². The van der Waals surface area contributed by atoms with Crippen LogP contribution in [0.1, 0.15) is 19.4 Å². The highest BCUT2D eigenvalue weighted by molar-refractivity contribution is 9.10. The number of hydrazone groups is 1. The van der Waals surface area contributed by atoms with Gasteiger partial charge in [-0.15, -0.1) is 0 Å². The second-order valence-electron chi connectivity index (χ2n) is 5.03. The van der Waals surface area contributed by atoms with Gasteiger partial charge in [-0.3, -0.25) is 10.2 Å². The van der Waals surface area contributed by atoms with Crippen molar-refractivity contribution in [1.82, 2.24) is 9.78 Å². The van der Waals surface area contributed by atoms with Gasteiger partial charge in [-0.2, -0.15) is 10.2 Å². The number of benzene rings is 1. The zero-order chi connectivity index (χ0) is 17.0. The number of nitrogens with zero attached hydrogens (tertiary/aromatic N) is 3. The van der Waals surface area contributed by atoms with Gasteiger partial charge in [0.25, 0.3) is 5.56 Å². The first-order valence-corrected chi connectivity index (χ1v) is 8.02. The Morgan fingerprint density at radius 2 is 2.22 bits per heavy atom. The van der Waals surface area contributed by atoms with Gasteiger partial charge in [0.2, 0.25) is 0 Å². The predicted octanol–water partition coefficient (Wildman–Crippen LogP) is 3.43. The average molecular weight is 400 g/mol. The molecule has 0 fully saturated rings. The molecular formula is C15H16BrClN4O2. The SMILES string of the molecule is CC(C)Oc1ccc(/C=N\Nc2cnn(C)c(=O)c2Cl)cc1Br. The normalized spacial score (nSPS) is 11.2. The summed E-state index contributed by atoms with van der Waals surface area (Å²) in [6, 6.07) is 5.61. The average Bonchev–Trinajstić information content (AvgIpc) is 2.49. The lowest BCUT2D eigenvalue weighted by atomic mass is 10.2. The Hall–Kier alpha value is -1.86. The molecule has 23 heavy (non-hydrogen) atoms. The highest BCUT2D eigenvalue weighted by Gasteiger charge is 2.06. The summed E-state index contributed by atoms with van der Waals surface area (Å²) in [5.41, 5.74) is 3.53. The minimum Gasteiger partial charge on any atom is -0.490 e. The molecule has 0 amide bonds. The topological polar surface area (TPSA) is 68.5 Å². The zero-order valence-electron chi connectivity index (χ0n) is 12.9. The molecule has 122 valence electrons. The monoisotopic (exact) mass is 398 g/mol. The van der Waals surface area contributed by atoms with Crippen LogP contribution in [-0.2, 0) is 7.05 Å². The maximum atomic E-state index is 11.6. The van der Waals surface area contributed by atoms with Gasteiger partial charge in [-0.25, -0.2) is 4.68 Å². The van der Waals surface area contributed by atoms with E-state index in [1.807, 2.05) is 32.0 Å². The summed E-state index contributed by atoms with van der Waals surface area (Å²) in [5, 5.41) is 7.99. The van der Waals surface area contributed by atoms with Crippen molar-refractivity contribution >= 4 is 39.4 Å². The van der Waals surface area contributed by atoms with E-state index in [0.717, 1.165) is 20.5 Å². The third-order valence-corrected chi connectivity index (χ3v) is 3.78. The molecule has 0 spiro atoms. The van der Waals surface area contributed by atoms with Crippen LogP contribution in [0.3, 0.4) is 0 Å². The quantitative estimate of drug-likeness (QED) is 0.618. The van der Waals surface area contributed by atoms with Crippen LogP contribution in [0, 0.1) is 0 Å². The number of nitrogens with one attached hydrogen (secondary N) is 1. The Labute approximate surface area is 147 Å². The predicted molar refractivity (Wildman–Crippen MR) is 95.6 cm³/mol.